The number of piperazine rings is 1. The molecule has 0 bridgehead atoms. The molecule has 4 nitrogen and oxygen atoms in total. The second-order valence-electron chi connectivity index (χ2n) is 4.45. The van der Waals surface area contributed by atoms with Crippen molar-refractivity contribution in [3.05, 3.63) is 23.7 Å². The van der Waals surface area contributed by atoms with Gasteiger partial charge in [0.15, 0.2) is 11.5 Å². The van der Waals surface area contributed by atoms with Crippen molar-refractivity contribution in [1.82, 2.24) is 10.2 Å². The van der Waals surface area contributed by atoms with Gasteiger partial charge in [0.1, 0.15) is 5.76 Å². The molecule has 2 rings (SSSR count). The van der Waals surface area contributed by atoms with Gasteiger partial charge in [0.25, 0.3) is 0 Å². The molecule has 1 aliphatic rings. The van der Waals surface area contributed by atoms with Crippen LogP contribution < -0.4 is 5.32 Å². The third kappa shape index (κ3) is 2.71. The molecule has 1 unspecified atom stereocenters. The van der Waals surface area contributed by atoms with Crippen molar-refractivity contribution < 1.29 is 9.21 Å². The van der Waals surface area contributed by atoms with Gasteiger partial charge in [-0.05, 0) is 26.1 Å². The van der Waals surface area contributed by atoms with Gasteiger partial charge in [-0.1, -0.05) is 0 Å². The van der Waals surface area contributed by atoms with Crippen LogP contribution in [-0.4, -0.2) is 43.4 Å². The number of likely N-dealkylation sites (N-methyl/N-ethyl adjacent to an activating group) is 1. The Balaban J connectivity index is 1.92. The second kappa shape index (κ2) is 4.80. The summed E-state index contributed by atoms with van der Waals surface area (Å²) in [6.07, 6.45) is 0.511. The molecule has 0 aromatic carbocycles. The van der Waals surface area contributed by atoms with E-state index in [0.717, 1.165) is 25.4 Å². The van der Waals surface area contributed by atoms with E-state index in [4.69, 9.17) is 4.42 Å². The molecule has 16 heavy (non-hydrogen) atoms. The number of nitrogens with zero attached hydrogens (tertiary/aromatic N) is 1. The molecule has 1 aromatic heterocycles. The Morgan fingerprint density at radius 3 is 3.06 bits per heavy atom. The quantitative estimate of drug-likeness (QED) is 0.777. The highest BCUT2D eigenvalue weighted by Crippen LogP contribution is 2.11. The van der Waals surface area contributed by atoms with E-state index in [1.807, 2.05) is 13.0 Å². The highest BCUT2D eigenvalue weighted by Gasteiger charge is 2.21. The summed E-state index contributed by atoms with van der Waals surface area (Å²) >= 11 is 0. The lowest BCUT2D eigenvalue weighted by atomic mass is 10.1. The van der Waals surface area contributed by atoms with E-state index in [0.29, 0.717) is 12.2 Å². The van der Waals surface area contributed by atoms with Crippen LogP contribution in [0.25, 0.3) is 0 Å². The first-order valence-electron chi connectivity index (χ1n) is 5.67. The van der Waals surface area contributed by atoms with E-state index < -0.39 is 0 Å². The van der Waals surface area contributed by atoms with Gasteiger partial charge in [0, 0.05) is 32.1 Å². The summed E-state index contributed by atoms with van der Waals surface area (Å²) in [5.41, 5.74) is 0. The summed E-state index contributed by atoms with van der Waals surface area (Å²) in [5.74, 6) is 1.35. The fourth-order valence-electron chi connectivity index (χ4n) is 2.04. The number of Topliss-reactive ketones (excluding diaryl/α,β-unsaturated/α-hetero) is 1. The van der Waals surface area contributed by atoms with Gasteiger partial charge >= 0.3 is 0 Å². The van der Waals surface area contributed by atoms with Gasteiger partial charge in [-0.15, -0.1) is 0 Å². The first-order chi connectivity index (χ1) is 7.65. The fourth-order valence-corrected chi connectivity index (χ4v) is 2.04. The maximum absolute atomic E-state index is 11.9. The van der Waals surface area contributed by atoms with Crippen LogP contribution in [0, 0.1) is 6.92 Å². The highest BCUT2D eigenvalue weighted by molar-refractivity contribution is 5.93. The minimum Gasteiger partial charge on any atom is -0.458 e. The monoisotopic (exact) mass is 222 g/mol. The summed E-state index contributed by atoms with van der Waals surface area (Å²) in [6, 6.07) is 3.83. The van der Waals surface area contributed by atoms with Crippen molar-refractivity contribution in [3.63, 3.8) is 0 Å². The average molecular weight is 222 g/mol. The Morgan fingerprint density at radius 1 is 1.62 bits per heavy atom. The predicted octanol–water partition coefficient (Wildman–Crippen LogP) is 1.06. The molecule has 4 heteroatoms. The van der Waals surface area contributed by atoms with E-state index in [2.05, 4.69) is 17.3 Å². The molecule has 1 atom stereocenters. The fraction of sp³-hybridized carbons (Fsp3) is 0.583. The third-order valence-corrected chi connectivity index (χ3v) is 2.91. The summed E-state index contributed by atoms with van der Waals surface area (Å²) in [5, 5.41) is 3.35. The first-order valence-corrected chi connectivity index (χ1v) is 5.67. The van der Waals surface area contributed by atoms with Gasteiger partial charge in [0.05, 0.1) is 0 Å². The van der Waals surface area contributed by atoms with Gasteiger partial charge in [-0.3, -0.25) is 4.79 Å². The minimum absolute atomic E-state index is 0.0842. The van der Waals surface area contributed by atoms with Crippen LogP contribution in [0.5, 0.6) is 0 Å². The molecule has 0 spiro atoms. The number of nitrogens with one attached hydrogen (secondary N) is 1. The van der Waals surface area contributed by atoms with Crippen LogP contribution in [0.4, 0.5) is 0 Å². The van der Waals surface area contributed by atoms with Crippen LogP contribution in [0.3, 0.4) is 0 Å². The van der Waals surface area contributed by atoms with E-state index in [1.165, 1.54) is 0 Å². The van der Waals surface area contributed by atoms with E-state index in [1.54, 1.807) is 6.07 Å². The molecule has 2 heterocycles. The summed E-state index contributed by atoms with van der Waals surface area (Å²) < 4.78 is 5.32. The van der Waals surface area contributed by atoms with Gasteiger partial charge in [-0.2, -0.15) is 0 Å². The lowest BCUT2D eigenvalue weighted by Crippen LogP contribution is -2.49. The zero-order chi connectivity index (χ0) is 11.5. The summed E-state index contributed by atoms with van der Waals surface area (Å²) in [7, 11) is 2.08. The van der Waals surface area contributed by atoms with E-state index >= 15 is 0 Å². The average Bonchev–Trinajstić information content (AvgIpc) is 2.65. The molecule has 0 amide bonds. The van der Waals surface area contributed by atoms with Crippen molar-refractivity contribution in [2.45, 2.75) is 19.4 Å². The van der Waals surface area contributed by atoms with Crippen molar-refractivity contribution >= 4 is 5.78 Å². The second-order valence-corrected chi connectivity index (χ2v) is 4.45. The van der Waals surface area contributed by atoms with Crippen molar-refractivity contribution in [2.75, 3.05) is 26.7 Å². The largest absolute Gasteiger partial charge is 0.458 e. The summed E-state index contributed by atoms with van der Waals surface area (Å²) in [4.78, 5) is 14.1. The predicted molar refractivity (Wildman–Crippen MR) is 61.7 cm³/mol. The highest BCUT2D eigenvalue weighted by atomic mass is 16.3. The zero-order valence-corrected chi connectivity index (χ0v) is 9.82. The normalized spacial score (nSPS) is 22.2. The molecule has 0 aliphatic carbocycles. The lowest BCUT2D eigenvalue weighted by Gasteiger charge is -2.30. The van der Waals surface area contributed by atoms with Crippen LogP contribution in [0.2, 0.25) is 0 Å². The zero-order valence-electron chi connectivity index (χ0n) is 9.82. The number of aryl methyl sites for hydroxylation is 1. The van der Waals surface area contributed by atoms with Gasteiger partial charge in [-0.25, -0.2) is 0 Å². The molecule has 1 saturated heterocycles. The molecule has 1 N–H and O–H groups in total. The third-order valence-electron chi connectivity index (χ3n) is 2.91. The molecule has 1 aromatic rings. The van der Waals surface area contributed by atoms with Crippen molar-refractivity contribution in [2.24, 2.45) is 0 Å². The Bertz CT molecular complexity index is 373. The van der Waals surface area contributed by atoms with Gasteiger partial charge < -0.3 is 14.6 Å². The first kappa shape index (κ1) is 11.4. The molecule has 88 valence electrons. The molecule has 0 saturated carbocycles. The SMILES string of the molecule is Cc1ccc(C(=O)CC2CN(C)CCN2)o1. The van der Waals surface area contributed by atoms with E-state index in [9.17, 15) is 4.79 Å². The smallest absolute Gasteiger partial charge is 0.199 e. The Labute approximate surface area is 95.6 Å². The minimum atomic E-state index is 0.0842. The number of hydrogen-bond acceptors (Lipinski definition) is 4. The van der Waals surface area contributed by atoms with Gasteiger partial charge in [0.2, 0.25) is 0 Å². The Hall–Kier alpha value is -1.13. The molecular weight excluding hydrogens is 204 g/mol. The Kier molecular flexibility index (Phi) is 3.41. The van der Waals surface area contributed by atoms with Crippen LogP contribution in [0.15, 0.2) is 16.5 Å². The van der Waals surface area contributed by atoms with Crippen molar-refractivity contribution in [3.8, 4) is 0 Å². The summed E-state index contributed by atoms with van der Waals surface area (Å²) in [6.45, 7) is 4.77. The lowest BCUT2D eigenvalue weighted by molar-refractivity contribution is 0.0923. The van der Waals surface area contributed by atoms with E-state index in [-0.39, 0.29) is 11.8 Å². The van der Waals surface area contributed by atoms with Crippen LogP contribution in [0.1, 0.15) is 22.7 Å². The molecule has 0 radical (unpaired) electrons. The standard InChI is InChI=1S/C12H18N2O2/c1-9-3-4-12(16-9)11(15)7-10-8-14(2)6-5-13-10/h3-4,10,13H,5-8H2,1-2H3. The number of furan rings is 1. The topological polar surface area (TPSA) is 45.5 Å². The number of carbonyl (C=O) groups excluding carboxylic acids is 1. The Morgan fingerprint density at radius 2 is 2.44 bits per heavy atom. The maximum Gasteiger partial charge on any atom is 0.199 e. The number of carbonyl (C=O) groups is 1. The number of hydrogen-bond donors (Lipinski definition) is 1. The molecule has 1 fully saturated rings. The van der Waals surface area contributed by atoms with Crippen LogP contribution in [-0.2, 0) is 0 Å². The molecule has 1 aliphatic heterocycles. The number of rotatable bonds is 3. The maximum atomic E-state index is 11.9. The molecular formula is C12H18N2O2. The number of ketones is 1. The van der Waals surface area contributed by atoms with Crippen molar-refractivity contribution in [1.29, 1.82) is 0 Å². The van der Waals surface area contributed by atoms with Crippen LogP contribution >= 0.6 is 0 Å².